The van der Waals surface area contributed by atoms with E-state index in [1.54, 1.807) is 4.90 Å². The van der Waals surface area contributed by atoms with Gasteiger partial charge in [0.25, 0.3) is 0 Å². The van der Waals surface area contributed by atoms with Crippen LogP contribution in [0.25, 0.3) is 44.2 Å². The third-order valence-corrected chi connectivity index (χ3v) is 7.02. The summed E-state index contributed by atoms with van der Waals surface area (Å²) in [5.74, 6) is 0. The molecule has 7 rings (SSSR count). The molecule has 7 aromatic carbocycles. The second-order valence-electron chi connectivity index (χ2n) is 9.52. The van der Waals surface area contributed by atoms with Crippen LogP contribution in [0.1, 0.15) is 12.3 Å². The normalized spacial score (nSPS) is 14.0. The summed E-state index contributed by atoms with van der Waals surface area (Å²) in [6.07, 6.45) is 0. The zero-order valence-corrected chi connectivity index (χ0v) is 22.0. The van der Waals surface area contributed by atoms with Gasteiger partial charge in [0.15, 0.2) is 0 Å². The number of fused-ring (bicyclic) bond motifs is 1. The SMILES string of the molecule is [2H]c1c([2H])c([2H])c(-c2c([2H])c([2H])c(N(c3cccc(-c4cccc5ccccc45)c3)c3ccccc3-c3ccccc3)c([2H])c2[2H])c([2H])c1[2H]. The van der Waals surface area contributed by atoms with Crippen LogP contribution in [0.5, 0.6) is 0 Å². The molecule has 194 valence electrons. The van der Waals surface area contributed by atoms with Crippen molar-refractivity contribution in [1.29, 1.82) is 0 Å². The summed E-state index contributed by atoms with van der Waals surface area (Å²) in [4.78, 5) is 1.71. The van der Waals surface area contributed by atoms with Crippen LogP contribution in [-0.4, -0.2) is 0 Å². The molecule has 0 aromatic heterocycles. The highest BCUT2D eigenvalue weighted by Crippen LogP contribution is 2.42. The van der Waals surface area contributed by atoms with E-state index in [1.807, 2.05) is 115 Å². The molecule has 0 atom stereocenters. The minimum atomic E-state index is -0.620. The number of nitrogens with zero attached hydrogens (tertiary/aromatic N) is 1. The van der Waals surface area contributed by atoms with Gasteiger partial charge < -0.3 is 4.90 Å². The lowest BCUT2D eigenvalue weighted by molar-refractivity contribution is 1.28. The van der Waals surface area contributed by atoms with Gasteiger partial charge in [-0.2, -0.15) is 0 Å². The predicted molar refractivity (Wildman–Crippen MR) is 175 cm³/mol. The maximum Gasteiger partial charge on any atom is 0.0645 e. The van der Waals surface area contributed by atoms with Gasteiger partial charge in [0.2, 0.25) is 0 Å². The quantitative estimate of drug-likeness (QED) is 0.206. The van der Waals surface area contributed by atoms with Crippen molar-refractivity contribution >= 4 is 27.8 Å². The molecular formula is C40H29N. The van der Waals surface area contributed by atoms with E-state index in [9.17, 15) is 2.74 Å². The lowest BCUT2D eigenvalue weighted by Gasteiger charge is -2.28. The largest absolute Gasteiger partial charge is 0.310 e. The van der Waals surface area contributed by atoms with Crippen LogP contribution in [0.2, 0.25) is 0 Å². The van der Waals surface area contributed by atoms with Crippen LogP contribution in [0, 0.1) is 0 Å². The second kappa shape index (κ2) is 11.0. The summed E-state index contributed by atoms with van der Waals surface area (Å²) in [5.41, 5.74) is 3.93. The van der Waals surface area contributed by atoms with Crippen LogP contribution in [0.3, 0.4) is 0 Å². The summed E-state index contributed by atoms with van der Waals surface area (Å²) in [7, 11) is 0. The average Bonchev–Trinajstić information content (AvgIpc) is 3.15. The number of rotatable bonds is 6. The van der Waals surface area contributed by atoms with Gasteiger partial charge in [0.1, 0.15) is 0 Å². The van der Waals surface area contributed by atoms with Gasteiger partial charge in [-0.15, -0.1) is 0 Å². The van der Waals surface area contributed by atoms with Crippen LogP contribution in [0.4, 0.5) is 17.1 Å². The lowest BCUT2D eigenvalue weighted by Crippen LogP contribution is -2.11. The Morgan fingerprint density at radius 2 is 1.05 bits per heavy atom. The first kappa shape index (κ1) is 16.6. The molecule has 0 N–H and O–H groups in total. The lowest BCUT2D eigenvalue weighted by atomic mass is 9.97. The van der Waals surface area contributed by atoms with E-state index < -0.39 is 54.4 Å². The standard InChI is InChI=1S/C40H29N/c1-3-13-30(14-4-1)31-25-27-35(28-26-31)41(40-24-10-9-22-39(40)33-15-5-2-6-16-33)36-20-11-19-34(29-36)38-23-12-18-32-17-7-8-21-37(32)38/h1-29H/i1D,3D,4D,13D,14D,25D,26D,27D,28D. The average molecular weight is 533 g/mol. The maximum absolute atomic E-state index is 9.36. The Bertz CT molecular complexity index is 2380. The van der Waals surface area contributed by atoms with Crippen LogP contribution in [-0.2, 0) is 0 Å². The van der Waals surface area contributed by atoms with E-state index in [-0.39, 0.29) is 16.8 Å². The van der Waals surface area contributed by atoms with E-state index >= 15 is 0 Å². The molecule has 0 saturated carbocycles. The smallest absolute Gasteiger partial charge is 0.0645 e. The maximum atomic E-state index is 9.36. The molecule has 0 spiro atoms. The molecule has 0 aliphatic carbocycles. The third-order valence-electron chi connectivity index (χ3n) is 7.02. The minimum absolute atomic E-state index is 0.0467. The van der Waals surface area contributed by atoms with Crippen molar-refractivity contribution in [2.24, 2.45) is 0 Å². The number of anilines is 3. The molecule has 1 nitrogen and oxygen atoms in total. The van der Waals surface area contributed by atoms with Crippen LogP contribution < -0.4 is 4.90 Å². The Labute approximate surface area is 254 Å². The highest BCUT2D eigenvalue weighted by molar-refractivity contribution is 5.98. The van der Waals surface area contributed by atoms with Crippen LogP contribution in [0.15, 0.2) is 176 Å². The van der Waals surface area contributed by atoms with E-state index in [2.05, 4.69) is 6.07 Å². The fourth-order valence-electron chi connectivity index (χ4n) is 5.13. The van der Waals surface area contributed by atoms with Gasteiger partial charge in [-0.3, -0.25) is 0 Å². The summed E-state index contributed by atoms with van der Waals surface area (Å²) in [5, 5.41) is 2.13. The van der Waals surface area contributed by atoms with Gasteiger partial charge in [0, 0.05) is 16.9 Å². The second-order valence-corrected chi connectivity index (χ2v) is 9.52. The first-order chi connectivity index (χ1) is 24.1. The Morgan fingerprint density at radius 3 is 1.90 bits per heavy atom. The fraction of sp³-hybridized carbons (Fsp3) is 0. The van der Waals surface area contributed by atoms with Crippen molar-refractivity contribution < 1.29 is 12.3 Å². The molecule has 0 unspecified atom stereocenters. The van der Waals surface area contributed by atoms with E-state index in [4.69, 9.17) is 9.60 Å². The topological polar surface area (TPSA) is 3.24 Å². The van der Waals surface area contributed by atoms with Crippen molar-refractivity contribution in [3.05, 3.63) is 176 Å². The van der Waals surface area contributed by atoms with Gasteiger partial charge >= 0.3 is 0 Å². The molecule has 0 amide bonds. The Morgan fingerprint density at radius 1 is 0.415 bits per heavy atom. The Kier molecular flexibility index (Phi) is 4.46. The van der Waals surface area contributed by atoms with Crippen molar-refractivity contribution in [3.63, 3.8) is 0 Å². The van der Waals surface area contributed by atoms with Gasteiger partial charge in [-0.1, -0.05) is 145 Å². The monoisotopic (exact) mass is 532 g/mol. The molecule has 0 radical (unpaired) electrons. The molecule has 0 aliphatic rings. The van der Waals surface area contributed by atoms with E-state index in [1.165, 1.54) is 0 Å². The highest BCUT2D eigenvalue weighted by atomic mass is 15.1. The molecule has 0 aliphatic heterocycles. The van der Waals surface area contributed by atoms with Crippen molar-refractivity contribution in [2.45, 2.75) is 0 Å². The number of benzene rings is 7. The highest BCUT2D eigenvalue weighted by Gasteiger charge is 2.18. The van der Waals surface area contributed by atoms with Gasteiger partial charge in [0.05, 0.1) is 18.0 Å². The molecule has 7 aromatic rings. The van der Waals surface area contributed by atoms with Crippen molar-refractivity contribution in [2.75, 3.05) is 4.90 Å². The molecule has 0 bridgehead atoms. The molecule has 41 heavy (non-hydrogen) atoms. The first-order valence-electron chi connectivity index (χ1n) is 17.8. The first-order valence-corrected chi connectivity index (χ1v) is 13.3. The Balaban J connectivity index is 1.53. The summed E-state index contributed by atoms with van der Waals surface area (Å²) >= 11 is 0. The van der Waals surface area contributed by atoms with E-state index in [0.717, 1.165) is 33.0 Å². The zero-order valence-electron chi connectivity index (χ0n) is 31.0. The zero-order chi connectivity index (χ0) is 35.3. The minimum Gasteiger partial charge on any atom is -0.310 e. The number of hydrogen-bond acceptors (Lipinski definition) is 1. The fourth-order valence-corrected chi connectivity index (χ4v) is 5.13. The summed E-state index contributed by atoms with van der Waals surface area (Å²) < 4.78 is 78.5. The van der Waals surface area contributed by atoms with Gasteiger partial charge in [-0.05, 0) is 68.9 Å². The molecule has 0 fully saturated rings. The Hall–Kier alpha value is -5.40. The van der Waals surface area contributed by atoms with Gasteiger partial charge in [-0.25, -0.2) is 0 Å². The van der Waals surface area contributed by atoms with Crippen molar-refractivity contribution in [1.82, 2.24) is 0 Å². The molecule has 1 heteroatoms. The van der Waals surface area contributed by atoms with E-state index in [0.29, 0.717) is 11.4 Å². The molecular weight excluding hydrogens is 494 g/mol. The predicted octanol–water partition coefficient (Wildman–Crippen LogP) is 11.3. The summed E-state index contributed by atoms with van der Waals surface area (Å²) in [6, 6.07) is 34.1. The number of hydrogen-bond donors (Lipinski definition) is 0. The molecule has 0 saturated heterocycles. The third kappa shape index (κ3) is 4.90. The molecule has 0 heterocycles. The number of para-hydroxylation sites is 1. The summed E-state index contributed by atoms with van der Waals surface area (Å²) in [6.45, 7) is 0. The van der Waals surface area contributed by atoms with Crippen molar-refractivity contribution in [3.8, 4) is 33.4 Å². The van der Waals surface area contributed by atoms with Crippen LogP contribution >= 0.6 is 0 Å².